The fraction of sp³-hybridized carbons (Fsp3) is 0.100. The standard InChI is InChI=1S/2C10H9BrN.H2O4S/c2*1-12-7-9(11)6-8-4-2-3-5-10(8)12;1-5(2,3)4/h2*2-7H,1H3;(H2,1,2,3,4)/q2*+1;/p-2. The van der Waals surface area contributed by atoms with Gasteiger partial charge in [0.15, 0.2) is 12.4 Å². The van der Waals surface area contributed by atoms with Crippen LogP contribution in [0.1, 0.15) is 0 Å². The third-order valence-electron chi connectivity index (χ3n) is 3.85. The minimum absolute atomic E-state index is 1.11. The zero-order valence-electron chi connectivity index (χ0n) is 15.6. The molecule has 0 radical (unpaired) electrons. The molecule has 29 heavy (non-hydrogen) atoms. The van der Waals surface area contributed by atoms with Gasteiger partial charge in [0.2, 0.25) is 11.0 Å². The SMILES string of the molecule is C[n+]1cc(Br)cc2ccccc21.C[n+]1cc(Br)cc2ccccc21.O=S(=O)([O-])[O-]. The van der Waals surface area contributed by atoms with Crippen LogP contribution in [-0.2, 0) is 24.5 Å². The summed E-state index contributed by atoms with van der Waals surface area (Å²) in [6, 6.07) is 20.9. The van der Waals surface area contributed by atoms with Crippen molar-refractivity contribution in [3.05, 3.63) is 82.0 Å². The molecule has 2 heterocycles. The van der Waals surface area contributed by atoms with Crippen LogP contribution in [0, 0.1) is 0 Å². The maximum atomic E-state index is 8.52. The lowest BCUT2D eigenvalue weighted by Crippen LogP contribution is -2.28. The molecule has 0 saturated heterocycles. The van der Waals surface area contributed by atoms with Crippen LogP contribution in [-0.4, -0.2) is 17.5 Å². The van der Waals surface area contributed by atoms with Crippen LogP contribution in [0.15, 0.2) is 82.0 Å². The van der Waals surface area contributed by atoms with Crippen LogP contribution >= 0.6 is 31.9 Å². The molecule has 9 heteroatoms. The number of fused-ring (bicyclic) bond motifs is 2. The van der Waals surface area contributed by atoms with Crippen molar-refractivity contribution in [3.63, 3.8) is 0 Å². The predicted molar refractivity (Wildman–Crippen MR) is 116 cm³/mol. The van der Waals surface area contributed by atoms with E-state index < -0.39 is 10.4 Å². The first-order valence-electron chi connectivity index (χ1n) is 8.29. The fourth-order valence-corrected chi connectivity index (χ4v) is 3.85. The van der Waals surface area contributed by atoms with Gasteiger partial charge >= 0.3 is 0 Å². The molecular weight excluding hydrogens is 524 g/mol. The van der Waals surface area contributed by atoms with E-state index in [4.69, 9.17) is 17.5 Å². The summed E-state index contributed by atoms with van der Waals surface area (Å²) < 4.78 is 40.5. The highest BCUT2D eigenvalue weighted by molar-refractivity contribution is 9.10. The van der Waals surface area contributed by atoms with Gasteiger partial charge in [-0.05, 0) is 56.1 Å². The predicted octanol–water partition coefficient (Wildman–Crippen LogP) is 3.52. The molecule has 2 aromatic heterocycles. The monoisotopic (exact) mass is 540 g/mol. The van der Waals surface area contributed by atoms with Gasteiger partial charge in [-0.1, -0.05) is 24.3 Å². The zero-order chi connectivity index (χ0) is 21.6. The average molecular weight is 542 g/mol. The molecule has 0 unspecified atom stereocenters. The van der Waals surface area contributed by atoms with Crippen molar-refractivity contribution in [2.24, 2.45) is 14.1 Å². The third kappa shape index (κ3) is 7.79. The van der Waals surface area contributed by atoms with E-state index in [0.29, 0.717) is 0 Å². The minimum atomic E-state index is -5.17. The fourth-order valence-electron chi connectivity index (χ4n) is 2.74. The number of hydrogen-bond acceptors (Lipinski definition) is 4. The van der Waals surface area contributed by atoms with Gasteiger partial charge in [-0.25, -0.2) is 0 Å². The lowest BCUT2D eigenvalue weighted by atomic mass is 10.2. The van der Waals surface area contributed by atoms with Gasteiger partial charge < -0.3 is 9.11 Å². The van der Waals surface area contributed by atoms with Gasteiger partial charge in [0, 0.05) is 33.3 Å². The molecule has 0 aliphatic heterocycles. The average Bonchev–Trinajstić information content (AvgIpc) is 2.60. The first-order valence-corrected chi connectivity index (χ1v) is 11.2. The van der Waals surface area contributed by atoms with E-state index in [9.17, 15) is 0 Å². The van der Waals surface area contributed by atoms with Crippen molar-refractivity contribution < 1.29 is 26.7 Å². The number of pyridine rings is 2. The van der Waals surface area contributed by atoms with Gasteiger partial charge in [0.25, 0.3) is 0 Å². The van der Waals surface area contributed by atoms with Gasteiger partial charge in [-0.15, -0.1) is 0 Å². The van der Waals surface area contributed by atoms with Crippen LogP contribution in [0.25, 0.3) is 21.8 Å². The van der Waals surface area contributed by atoms with Crippen LogP contribution in [0.2, 0.25) is 0 Å². The molecule has 0 amide bonds. The first kappa shape index (κ1) is 23.4. The quantitative estimate of drug-likeness (QED) is 0.193. The molecule has 0 N–H and O–H groups in total. The number of nitrogens with zero attached hydrogens (tertiary/aromatic N) is 2. The minimum Gasteiger partial charge on any atom is -0.759 e. The second-order valence-corrected chi connectivity index (χ2v) is 8.71. The number of halogens is 2. The number of benzene rings is 2. The molecule has 0 atom stereocenters. The molecule has 4 rings (SSSR count). The lowest BCUT2D eigenvalue weighted by molar-refractivity contribution is -0.645. The van der Waals surface area contributed by atoms with Crippen molar-refractivity contribution in [2.45, 2.75) is 0 Å². The molecule has 2 aromatic carbocycles. The maximum Gasteiger partial charge on any atom is 0.212 e. The van der Waals surface area contributed by atoms with Crippen LogP contribution < -0.4 is 9.13 Å². The normalized spacial score (nSPS) is 10.7. The smallest absolute Gasteiger partial charge is 0.212 e. The molecular formula is C20H18Br2N2O4S. The Morgan fingerprint density at radius 3 is 1.38 bits per heavy atom. The maximum absolute atomic E-state index is 8.52. The highest BCUT2D eigenvalue weighted by atomic mass is 79.9. The topological polar surface area (TPSA) is 88.0 Å². The third-order valence-corrected chi connectivity index (χ3v) is 4.72. The number of para-hydroxylation sites is 2. The number of hydrogen-bond donors (Lipinski definition) is 0. The van der Waals surface area contributed by atoms with Crippen molar-refractivity contribution in [2.75, 3.05) is 0 Å². The Bertz CT molecular complexity index is 1160. The largest absolute Gasteiger partial charge is 0.759 e. The van der Waals surface area contributed by atoms with E-state index in [2.05, 4.69) is 114 Å². The van der Waals surface area contributed by atoms with E-state index in [1.807, 2.05) is 14.1 Å². The summed E-state index contributed by atoms with van der Waals surface area (Å²) in [5.74, 6) is 0. The Morgan fingerprint density at radius 2 is 1.03 bits per heavy atom. The Morgan fingerprint density at radius 1 is 0.724 bits per heavy atom. The zero-order valence-corrected chi connectivity index (χ0v) is 19.6. The Hall–Kier alpha value is -1.91. The molecule has 0 fully saturated rings. The molecule has 0 saturated carbocycles. The van der Waals surface area contributed by atoms with Gasteiger partial charge in [0.1, 0.15) is 14.1 Å². The van der Waals surface area contributed by atoms with Crippen LogP contribution in [0.3, 0.4) is 0 Å². The van der Waals surface area contributed by atoms with E-state index in [1.54, 1.807) is 0 Å². The second-order valence-electron chi connectivity index (χ2n) is 6.06. The summed E-state index contributed by atoms with van der Waals surface area (Å²) >= 11 is 6.92. The summed E-state index contributed by atoms with van der Waals surface area (Å²) in [6.45, 7) is 0. The number of aromatic nitrogens is 2. The lowest BCUT2D eigenvalue weighted by Gasteiger charge is -2.06. The molecule has 0 aliphatic rings. The number of rotatable bonds is 0. The highest BCUT2D eigenvalue weighted by Crippen LogP contribution is 2.15. The molecule has 4 aromatic rings. The summed E-state index contributed by atoms with van der Waals surface area (Å²) in [7, 11) is -1.07. The van der Waals surface area contributed by atoms with Gasteiger partial charge in [-0.2, -0.15) is 9.13 Å². The second kappa shape index (κ2) is 10.2. The van der Waals surface area contributed by atoms with Crippen molar-refractivity contribution in [1.29, 1.82) is 0 Å². The van der Waals surface area contributed by atoms with Crippen molar-refractivity contribution in [3.8, 4) is 0 Å². The molecule has 0 spiro atoms. The summed E-state index contributed by atoms with van der Waals surface area (Å²) in [4.78, 5) is 0. The molecule has 152 valence electrons. The Labute approximate surface area is 186 Å². The highest BCUT2D eigenvalue weighted by Gasteiger charge is 2.04. The molecule has 6 nitrogen and oxygen atoms in total. The number of aryl methyl sites for hydroxylation is 2. The van der Waals surface area contributed by atoms with E-state index in [1.165, 1.54) is 21.8 Å². The van der Waals surface area contributed by atoms with Crippen LogP contribution in [0.4, 0.5) is 0 Å². The van der Waals surface area contributed by atoms with E-state index in [0.717, 1.165) is 8.95 Å². The Kier molecular flexibility index (Phi) is 8.23. The molecule has 0 bridgehead atoms. The first-order chi connectivity index (χ1) is 13.5. The van der Waals surface area contributed by atoms with Crippen LogP contribution in [0.5, 0.6) is 0 Å². The molecule has 0 aliphatic carbocycles. The van der Waals surface area contributed by atoms with E-state index >= 15 is 0 Å². The van der Waals surface area contributed by atoms with Crippen molar-refractivity contribution >= 4 is 64.1 Å². The van der Waals surface area contributed by atoms with E-state index in [-0.39, 0.29) is 0 Å². The van der Waals surface area contributed by atoms with Gasteiger partial charge in [0.05, 0.1) is 8.95 Å². The van der Waals surface area contributed by atoms with Gasteiger partial charge in [-0.3, -0.25) is 8.42 Å². The Balaban J connectivity index is 0.000000170. The summed E-state index contributed by atoms with van der Waals surface area (Å²) in [5, 5.41) is 2.52. The van der Waals surface area contributed by atoms with Crippen molar-refractivity contribution in [1.82, 2.24) is 0 Å². The summed E-state index contributed by atoms with van der Waals surface area (Å²) in [5.41, 5.74) is 2.50. The summed E-state index contributed by atoms with van der Waals surface area (Å²) in [6.07, 6.45) is 4.12.